The Balaban J connectivity index is 2.13. The van der Waals surface area contributed by atoms with Crippen LogP contribution in [0, 0.1) is 17.6 Å². The molecule has 0 saturated heterocycles. The summed E-state index contributed by atoms with van der Waals surface area (Å²) in [4.78, 5) is 0. The molecule has 0 aliphatic heterocycles. The first-order chi connectivity index (χ1) is 9.15. The molecule has 1 aliphatic carbocycles. The highest BCUT2D eigenvalue weighted by Crippen LogP contribution is 2.28. The van der Waals surface area contributed by atoms with Gasteiger partial charge in [-0.15, -0.1) is 0 Å². The topological polar surface area (TPSA) is 58.3 Å². The maximum Gasteiger partial charge on any atom is 0.128 e. The lowest BCUT2D eigenvalue weighted by molar-refractivity contribution is 0.199. The Morgan fingerprint density at radius 3 is 2.84 bits per heavy atom. The van der Waals surface area contributed by atoms with E-state index >= 15 is 0 Å². The average molecular weight is 270 g/mol. The van der Waals surface area contributed by atoms with Crippen molar-refractivity contribution in [3.63, 3.8) is 0 Å². The summed E-state index contributed by atoms with van der Waals surface area (Å²) < 4.78 is 27.0. The van der Waals surface area contributed by atoms with Crippen molar-refractivity contribution in [2.24, 2.45) is 11.7 Å². The molecule has 0 bridgehead atoms. The maximum absolute atomic E-state index is 13.7. The molecule has 0 aromatic heterocycles. The number of benzene rings is 1. The van der Waals surface area contributed by atoms with E-state index in [0.717, 1.165) is 31.4 Å². The van der Waals surface area contributed by atoms with Gasteiger partial charge >= 0.3 is 0 Å². The molecule has 1 aromatic rings. The van der Waals surface area contributed by atoms with Crippen molar-refractivity contribution in [3.05, 3.63) is 35.4 Å². The van der Waals surface area contributed by atoms with Crippen LogP contribution in [0.5, 0.6) is 0 Å². The number of rotatable bonds is 5. The molecule has 0 spiro atoms. The van der Waals surface area contributed by atoms with Gasteiger partial charge in [0.05, 0.1) is 0 Å². The molecule has 3 atom stereocenters. The predicted molar refractivity (Wildman–Crippen MR) is 69.5 cm³/mol. The lowest BCUT2D eigenvalue weighted by Crippen LogP contribution is -2.40. The quantitative estimate of drug-likeness (QED) is 0.763. The van der Waals surface area contributed by atoms with Gasteiger partial charge in [-0.3, -0.25) is 0 Å². The second-order valence-corrected chi connectivity index (χ2v) is 5.10. The Labute approximate surface area is 111 Å². The molecule has 1 aromatic carbocycles. The monoisotopic (exact) mass is 270 g/mol. The molecule has 106 valence electrons. The highest BCUT2D eigenvalue weighted by molar-refractivity contribution is 5.23. The summed E-state index contributed by atoms with van der Waals surface area (Å²) in [5.41, 5.74) is 5.93. The van der Waals surface area contributed by atoms with Crippen LogP contribution in [-0.4, -0.2) is 24.3 Å². The second kappa shape index (κ2) is 6.41. The van der Waals surface area contributed by atoms with Crippen molar-refractivity contribution in [1.29, 1.82) is 0 Å². The van der Waals surface area contributed by atoms with E-state index in [9.17, 15) is 13.9 Å². The molecular weight excluding hydrogens is 250 g/mol. The molecule has 0 radical (unpaired) electrons. The number of halogens is 2. The van der Waals surface area contributed by atoms with Crippen LogP contribution in [-0.2, 0) is 0 Å². The summed E-state index contributed by atoms with van der Waals surface area (Å²) in [5, 5.41) is 12.5. The highest BCUT2D eigenvalue weighted by Gasteiger charge is 2.29. The van der Waals surface area contributed by atoms with Crippen LogP contribution in [0.2, 0.25) is 0 Å². The molecule has 19 heavy (non-hydrogen) atoms. The van der Waals surface area contributed by atoms with Crippen molar-refractivity contribution in [2.45, 2.75) is 31.3 Å². The Morgan fingerprint density at radius 2 is 2.16 bits per heavy atom. The summed E-state index contributed by atoms with van der Waals surface area (Å²) >= 11 is 0. The van der Waals surface area contributed by atoms with E-state index in [4.69, 9.17) is 5.73 Å². The Kier molecular flexibility index (Phi) is 4.85. The van der Waals surface area contributed by atoms with Gasteiger partial charge in [-0.1, -0.05) is 6.42 Å². The fraction of sp³-hybridized carbons (Fsp3) is 0.571. The van der Waals surface area contributed by atoms with Gasteiger partial charge in [0.2, 0.25) is 0 Å². The van der Waals surface area contributed by atoms with Gasteiger partial charge < -0.3 is 16.2 Å². The Bertz CT molecular complexity index is 428. The second-order valence-electron chi connectivity index (χ2n) is 5.10. The number of aliphatic hydroxyl groups excluding tert-OH is 1. The number of aliphatic hydroxyl groups is 1. The van der Waals surface area contributed by atoms with E-state index in [1.165, 1.54) is 6.07 Å². The predicted octanol–water partition coefficient (Wildman–Crippen LogP) is 1.72. The van der Waals surface area contributed by atoms with Crippen molar-refractivity contribution < 1.29 is 13.9 Å². The fourth-order valence-corrected chi connectivity index (χ4v) is 2.80. The molecule has 1 aliphatic rings. The average Bonchev–Trinajstić information content (AvgIpc) is 2.86. The van der Waals surface area contributed by atoms with Gasteiger partial charge in [0.25, 0.3) is 0 Å². The van der Waals surface area contributed by atoms with Gasteiger partial charge in [0, 0.05) is 30.8 Å². The minimum absolute atomic E-state index is 0.112. The Hall–Kier alpha value is -1.04. The van der Waals surface area contributed by atoms with Crippen LogP contribution in [0.15, 0.2) is 18.2 Å². The lowest BCUT2D eigenvalue weighted by atomic mass is 10.0. The molecule has 2 rings (SSSR count). The minimum atomic E-state index is -0.471. The van der Waals surface area contributed by atoms with Crippen LogP contribution >= 0.6 is 0 Å². The van der Waals surface area contributed by atoms with E-state index in [1.807, 2.05) is 0 Å². The van der Waals surface area contributed by atoms with Gasteiger partial charge in [-0.05, 0) is 37.0 Å². The zero-order chi connectivity index (χ0) is 13.8. The standard InChI is InChI=1S/C14H20F2N2O/c15-10-4-5-12(16)11(6-10)14(7-17)18-13-3-1-2-9(13)8-19/h4-6,9,13-14,18-19H,1-3,7-8,17H2. The van der Waals surface area contributed by atoms with Crippen molar-refractivity contribution in [2.75, 3.05) is 13.2 Å². The molecule has 0 amide bonds. The van der Waals surface area contributed by atoms with Gasteiger partial charge in [-0.2, -0.15) is 0 Å². The smallest absolute Gasteiger partial charge is 0.128 e. The van der Waals surface area contributed by atoms with E-state index in [-0.39, 0.29) is 30.7 Å². The summed E-state index contributed by atoms with van der Waals surface area (Å²) in [7, 11) is 0. The zero-order valence-corrected chi connectivity index (χ0v) is 10.8. The fourth-order valence-electron chi connectivity index (χ4n) is 2.80. The molecule has 4 N–H and O–H groups in total. The molecule has 3 nitrogen and oxygen atoms in total. The van der Waals surface area contributed by atoms with Crippen LogP contribution in [0.25, 0.3) is 0 Å². The molecule has 1 saturated carbocycles. The van der Waals surface area contributed by atoms with Crippen molar-refractivity contribution in [3.8, 4) is 0 Å². The van der Waals surface area contributed by atoms with Crippen LogP contribution in [0.1, 0.15) is 30.9 Å². The first-order valence-corrected chi connectivity index (χ1v) is 6.67. The molecule has 5 heteroatoms. The summed E-state index contributed by atoms with van der Waals surface area (Å²) in [5.74, 6) is -0.754. The zero-order valence-electron chi connectivity index (χ0n) is 10.8. The molecule has 3 unspecified atom stereocenters. The minimum Gasteiger partial charge on any atom is -0.396 e. The van der Waals surface area contributed by atoms with E-state index in [2.05, 4.69) is 5.32 Å². The number of nitrogens with two attached hydrogens (primary N) is 1. The Morgan fingerprint density at radius 1 is 1.37 bits per heavy atom. The van der Waals surface area contributed by atoms with Crippen LogP contribution in [0.3, 0.4) is 0 Å². The molecule has 1 fully saturated rings. The van der Waals surface area contributed by atoms with Crippen molar-refractivity contribution in [1.82, 2.24) is 5.32 Å². The molecule has 0 heterocycles. The van der Waals surface area contributed by atoms with E-state index in [0.29, 0.717) is 0 Å². The first kappa shape index (κ1) is 14.4. The van der Waals surface area contributed by atoms with E-state index < -0.39 is 17.7 Å². The molecular formula is C14H20F2N2O. The van der Waals surface area contributed by atoms with Gasteiger partial charge in [0.1, 0.15) is 11.6 Å². The number of hydrogen-bond acceptors (Lipinski definition) is 3. The number of nitrogens with one attached hydrogen (secondary N) is 1. The van der Waals surface area contributed by atoms with Gasteiger partial charge in [-0.25, -0.2) is 8.78 Å². The van der Waals surface area contributed by atoms with Crippen molar-refractivity contribution >= 4 is 0 Å². The third-order valence-corrected chi connectivity index (χ3v) is 3.88. The largest absolute Gasteiger partial charge is 0.396 e. The lowest BCUT2D eigenvalue weighted by Gasteiger charge is -2.26. The van der Waals surface area contributed by atoms with Gasteiger partial charge in [0.15, 0.2) is 0 Å². The third kappa shape index (κ3) is 3.29. The summed E-state index contributed by atoms with van der Waals surface area (Å²) in [6.45, 7) is 0.301. The number of hydrogen-bond donors (Lipinski definition) is 3. The maximum atomic E-state index is 13.7. The summed E-state index contributed by atoms with van der Waals surface area (Å²) in [6.07, 6.45) is 2.92. The van der Waals surface area contributed by atoms with Crippen LogP contribution in [0.4, 0.5) is 8.78 Å². The summed E-state index contributed by atoms with van der Waals surface area (Å²) in [6, 6.07) is 3.09. The van der Waals surface area contributed by atoms with E-state index in [1.54, 1.807) is 0 Å². The normalized spacial score (nSPS) is 24.6. The SMILES string of the molecule is NCC(NC1CCCC1CO)c1cc(F)ccc1F. The third-order valence-electron chi connectivity index (χ3n) is 3.88. The van der Waals surface area contributed by atoms with Crippen LogP contribution < -0.4 is 11.1 Å². The first-order valence-electron chi connectivity index (χ1n) is 6.67. The highest BCUT2D eigenvalue weighted by atomic mass is 19.1.